The molecule has 2 fully saturated rings. The van der Waals surface area contributed by atoms with E-state index in [9.17, 15) is 9.59 Å². The maximum absolute atomic E-state index is 12.0. The number of aromatic nitrogens is 2. The molecule has 0 saturated heterocycles. The molecule has 1 aromatic heterocycles. The van der Waals surface area contributed by atoms with Gasteiger partial charge in [0.05, 0.1) is 17.5 Å². The fourth-order valence-corrected chi connectivity index (χ4v) is 4.19. The summed E-state index contributed by atoms with van der Waals surface area (Å²) in [6, 6.07) is 0.290. The van der Waals surface area contributed by atoms with Crippen molar-refractivity contribution < 1.29 is 9.59 Å². The van der Waals surface area contributed by atoms with Crippen molar-refractivity contribution in [3.63, 3.8) is 0 Å². The summed E-state index contributed by atoms with van der Waals surface area (Å²) in [5, 5.41) is 10.3. The normalized spacial score (nSPS) is 31.1. The van der Waals surface area contributed by atoms with E-state index in [1.807, 2.05) is 4.68 Å². The minimum absolute atomic E-state index is 0.0643. The molecular formula is C16H23N5O2. The minimum Gasteiger partial charge on any atom is -0.365 e. The quantitative estimate of drug-likeness (QED) is 0.759. The molecule has 3 amide bonds. The molecular weight excluding hydrogens is 294 g/mol. The number of rotatable bonds is 4. The molecule has 2 heterocycles. The third-order valence-corrected chi connectivity index (χ3v) is 5.58. The lowest BCUT2D eigenvalue weighted by Crippen LogP contribution is -2.44. The molecule has 0 radical (unpaired) electrons. The van der Waals surface area contributed by atoms with E-state index >= 15 is 0 Å². The Balaban J connectivity index is 1.27. The second kappa shape index (κ2) is 5.54. The zero-order chi connectivity index (χ0) is 16.0. The monoisotopic (exact) mass is 317 g/mol. The number of fused-ring (bicyclic) bond motifs is 2. The van der Waals surface area contributed by atoms with Crippen molar-refractivity contribution in [2.24, 2.45) is 23.5 Å². The van der Waals surface area contributed by atoms with Crippen molar-refractivity contribution >= 4 is 11.9 Å². The number of nitrogens with zero attached hydrogens (tertiary/aromatic N) is 2. The van der Waals surface area contributed by atoms with Gasteiger partial charge in [-0.05, 0) is 49.9 Å². The van der Waals surface area contributed by atoms with Gasteiger partial charge in [0.15, 0.2) is 0 Å². The first-order chi connectivity index (χ1) is 11.1. The van der Waals surface area contributed by atoms with Crippen LogP contribution in [-0.2, 0) is 13.0 Å². The van der Waals surface area contributed by atoms with Crippen molar-refractivity contribution in [2.75, 3.05) is 6.54 Å². The van der Waals surface area contributed by atoms with Crippen LogP contribution in [0.3, 0.4) is 0 Å². The SMILES string of the molecule is NC(=O)c1cnn2c1CC(CNC(=O)NC1CC3CC3C1)CC2. The Morgan fingerprint density at radius 1 is 1.30 bits per heavy atom. The summed E-state index contributed by atoms with van der Waals surface area (Å²) >= 11 is 0. The predicted octanol–water partition coefficient (Wildman–Crippen LogP) is 0.642. The Kier molecular flexibility index (Phi) is 3.50. The number of nitrogens with one attached hydrogen (secondary N) is 2. The van der Waals surface area contributed by atoms with E-state index in [4.69, 9.17) is 5.73 Å². The largest absolute Gasteiger partial charge is 0.365 e. The molecule has 7 heteroatoms. The van der Waals surface area contributed by atoms with Crippen LogP contribution in [-0.4, -0.2) is 34.3 Å². The molecule has 124 valence electrons. The van der Waals surface area contributed by atoms with E-state index in [1.165, 1.54) is 6.42 Å². The molecule has 3 atom stereocenters. The van der Waals surface area contributed by atoms with Crippen molar-refractivity contribution in [3.8, 4) is 0 Å². The average Bonchev–Trinajstić information content (AvgIpc) is 2.96. The van der Waals surface area contributed by atoms with Crippen LogP contribution in [0.15, 0.2) is 6.20 Å². The van der Waals surface area contributed by atoms with Gasteiger partial charge in [-0.3, -0.25) is 9.48 Å². The number of urea groups is 1. The Bertz CT molecular complexity index is 630. The summed E-state index contributed by atoms with van der Waals surface area (Å²) in [5.74, 6) is 1.62. The van der Waals surface area contributed by atoms with Crippen molar-refractivity contribution in [3.05, 3.63) is 17.5 Å². The molecule has 4 rings (SSSR count). The highest BCUT2D eigenvalue weighted by Gasteiger charge is 2.46. The van der Waals surface area contributed by atoms with Crippen LogP contribution in [0.25, 0.3) is 0 Å². The second-order valence-electron chi connectivity index (χ2n) is 7.23. The summed E-state index contributed by atoms with van der Waals surface area (Å²) in [6.45, 7) is 1.39. The van der Waals surface area contributed by atoms with Gasteiger partial charge in [0.2, 0.25) is 0 Å². The smallest absolute Gasteiger partial charge is 0.315 e. The molecule has 1 aromatic rings. The molecule has 0 bridgehead atoms. The topological polar surface area (TPSA) is 102 Å². The molecule has 3 aliphatic rings. The fourth-order valence-electron chi connectivity index (χ4n) is 4.19. The Hall–Kier alpha value is -2.05. The number of carbonyl (C=O) groups is 2. The number of nitrogens with two attached hydrogens (primary N) is 1. The minimum atomic E-state index is -0.433. The van der Waals surface area contributed by atoms with Crippen LogP contribution in [0.1, 0.15) is 41.7 Å². The van der Waals surface area contributed by atoms with Gasteiger partial charge in [0.25, 0.3) is 5.91 Å². The number of hydrogen-bond donors (Lipinski definition) is 3. The lowest BCUT2D eigenvalue weighted by molar-refractivity contribution is 0.0998. The van der Waals surface area contributed by atoms with Crippen LogP contribution >= 0.6 is 0 Å². The van der Waals surface area contributed by atoms with E-state index in [2.05, 4.69) is 15.7 Å². The van der Waals surface area contributed by atoms with E-state index in [-0.39, 0.29) is 6.03 Å². The third-order valence-electron chi connectivity index (χ3n) is 5.58. The van der Waals surface area contributed by atoms with Gasteiger partial charge in [0.1, 0.15) is 0 Å². The molecule has 4 N–H and O–H groups in total. The fraction of sp³-hybridized carbons (Fsp3) is 0.688. The first-order valence-corrected chi connectivity index (χ1v) is 8.49. The predicted molar refractivity (Wildman–Crippen MR) is 83.7 cm³/mol. The van der Waals surface area contributed by atoms with Crippen LogP contribution in [0.4, 0.5) is 4.79 Å². The van der Waals surface area contributed by atoms with Gasteiger partial charge in [-0.25, -0.2) is 4.79 Å². The van der Waals surface area contributed by atoms with Gasteiger partial charge in [0, 0.05) is 19.1 Å². The highest BCUT2D eigenvalue weighted by molar-refractivity contribution is 5.93. The van der Waals surface area contributed by atoms with Gasteiger partial charge in [-0.1, -0.05) is 0 Å². The van der Waals surface area contributed by atoms with Crippen LogP contribution < -0.4 is 16.4 Å². The Morgan fingerprint density at radius 3 is 2.83 bits per heavy atom. The van der Waals surface area contributed by atoms with E-state index in [1.54, 1.807) is 6.20 Å². The lowest BCUT2D eigenvalue weighted by atomic mass is 9.94. The van der Waals surface area contributed by atoms with Crippen molar-refractivity contribution in [1.29, 1.82) is 0 Å². The molecule has 2 aliphatic carbocycles. The number of carbonyl (C=O) groups excluding carboxylic acids is 2. The first kappa shape index (κ1) is 14.5. The molecule has 0 spiro atoms. The van der Waals surface area contributed by atoms with Gasteiger partial charge in [-0.15, -0.1) is 0 Å². The summed E-state index contributed by atoms with van der Waals surface area (Å²) in [7, 11) is 0. The number of amides is 3. The molecule has 1 aliphatic heterocycles. The molecule has 23 heavy (non-hydrogen) atoms. The highest BCUT2D eigenvalue weighted by atomic mass is 16.2. The van der Waals surface area contributed by atoms with Gasteiger partial charge < -0.3 is 16.4 Å². The number of primary amides is 1. The summed E-state index contributed by atoms with van der Waals surface area (Å²) in [5.41, 5.74) is 6.78. The van der Waals surface area contributed by atoms with Gasteiger partial charge >= 0.3 is 6.03 Å². The number of aryl methyl sites for hydroxylation is 1. The second-order valence-corrected chi connectivity index (χ2v) is 7.23. The standard InChI is InChI=1S/C16H23N5O2/c17-15(22)13-8-19-21-2-1-9(3-14(13)21)7-18-16(23)20-12-5-10-4-11(10)6-12/h8-12H,1-7H2,(H2,17,22)(H2,18,20,23). The van der Waals surface area contributed by atoms with Crippen molar-refractivity contribution in [1.82, 2.24) is 20.4 Å². The van der Waals surface area contributed by atoms with Crippen LogP contribution in [0, 0.1) is 17.8 Å². The summed E-state index contributed by atoms with van der Waals surface area (Å²) in [4.78, 5) is 23.4. The van der Waals surface area contributed by atoms with Gasteiger partial charge in [-0.2, -0.15) is 5.10 Å². The zero-order valence-electron chi connectivity index (χ0n) is 13.1. The average molecular weight is 317 g/mol. The van der Waals surface area contributed by atoms with E-state index < -0.39 is 5.91 Å². The highest BCUT2D eigenvalue weighted by Crippen LogP contribution is 2.51. The van der Waals surface area contributed by atoms with E-state index in [0.29, 0.717) is 24.1 Å². The lowest BCUT2D eigenvalue weighted by Gasteiger charge is -2.24. The van der Waals surface area contributed by atoms with E-state index in [0.717, 1.165) is 49.8 Å². The van der Waals surface area contributed by atoms with Crippen molar-refractivity contribution in [2.45, 2.75) is 44.7 Å². The van der Waals surface area contributed by atoms with Crippen LogP contribution in [0.5, 0.6) is 0 Å². The Labute approximate surface area is 135 Å². The third kappa shape index (κ3) is 2.92. The number of hydrogen-bond acceptors (Lipinski definition) is 3. The summed E-state index contributed by atoms with van der Waals surface area (Å²) in [6.07, 6.45) is 6.86. The molecule has 3 unspecified atom stereocenters. The Morgan fingerprint density at radius 2 is 2.09 bits per heavy atom. The molecule has 2 saturated carbocycles. The first-order valence-electron chi connectivity index (χ1n) is 8.49. The molecule has 0 aromatic carbocycles. The maximum atomic E-state index is 12.0. The van der Waals surface area contributed by atoms with Crippen LogP contribution in [0.2, 0.25) is 0 Å². The summed E-state index contributed by atoms with van der Waals surface area (Å²) < 4.78 is 1.85. The zero-order valence-corrected chi connectivity index (χ0v) is 13.1. The molecule has 7 nitrogen and oxygen atoms in total. The maximum Gasteiger partial charge on any atom is 0.315 e.